The molecule has 0 bridgehead atoms. The molecule has 0 aliphatic rings. The Kier molecular flexibility index (Phi) is 4.67. The second-order valence-corrected chi connectivity index (χ2v) is 7.97. The van der Waals surface area contributed by atoms with Gasteiger partial charge in [-0.2, -0.15) is 0 Å². The number of benzene rings is 2. The predicted octanol–water partition coefficient (Wildman–Crippen LogP) is 3.67. The summed E-state index contributed by atoms with van der Waals surface area (Å²) in [4.78, 5) is 3.94. The van der Waals surface area contributed by atoms with Gasteiger partial charge in [0.25, 0.3) is 0 Å². The Morgan fingerprint density at radius 3 is 2.52 bits per heavy atom. The molecular weight excluding hydrogens is 346 g/mol. The standard InChI is InChI=1S/C18H16F2N2O2S/c1-25(23,24)11-13-5-3-2-4-12(13)10-22-17-6-7-21-18-15(17)8-14(19)9-16(18)20/h2-9H,10-11H2,1H3,(H,21,22). The van der Waals surface area contributed by atoms with Crippen LogP contribution in [0.5, 0.6) is 0 Å². The maximum absolute atomic E-state index is 13.8. The van der Waals surface area contributed by atoms with Crippen molar-refractivity contribution in [2.75, 3.05) is 11.6 Å². The summed E-state index contributed by atoms with van der Waals surface area (Å²) in [6.45, 7) is 0.322. The summed E-state index contributed by atoms with van der Waals surface area (Å²) in [7, 11) is -3.17. The topological polar surface area (TPSA) is 59.1 Å². The second-order valence-electron chi connectivity index (χ2n) is 5.83. The molecule has 3 rings (SSSR count). The van der Waals surface area contributed by atoms with Crippen LogP contribution in [0.25, 0.3) is 10.9 Å². The van der Waals surface area contributed by atoms with E-state index in [9.17, 15) is 17.2 Å². The van der Waals surface area contributed by atoms with Gasteiger partial charge >= 0.3 is 0 Å². The predicted molar refractivity (Wildman–Crippen MR) is 94.0 cm³/mol. The molecule has 1 N–H and O–H groups in total. The molecule has 0 aliphatic heterocycles. The van der Waals surface area contributed by atoms with Crippen molar-refractivity contribution in [2.45, 2.75) is 12.3 Å². The SMILES string of the molecule is CS(=O)(=O)Cc1ccccc1CNc1ccnc2c(F)cc(F)cc12. The van der Waals surface area contributed by atoms with Gasteiger partial charge in [0.05, 0.1) is 5.75 Å². The number of sulfone groups is 1. The van der Waals surface area contributed by atoms with E-state index in [2.05, 4.69) is 10.3 Å². The molecule has 0 spiro atoms. The molecule has 1 heterocycles. The van der Waals surface area contributed by atoms with Crippen LogP contribution in [-0.2, 0) is 22.1 Å². The zero-order valence-electron chi connectivity index (χ0n) is 13.5. The zero-order valence-corrected chi connectivity index (χ0v) is 14.3. The maximum Gasteiger partial charge on any atom is 0.152 e. The summed E-state index contributed by atoms with van der Waals surface area (Å²) in [6, 6.07) is 10.8. The molecule has 0 radical (unpaired) electrons. The highest BCUT2D eigenvalue weighted by atomic mass is 32.2. The molecule has 0 fully saturated rings. The molecule has 0 aliphatic carbocycles. The first-order chi connectivity index (χ1) is 11.8. The van der Waals surface area contributed by atoms with E-state index in [-0.39, 0.29) is 11.3 Å². The molecule has 3 aromatic rings. The summed E-state index contributed by atoms with van der Waals surface area (Å²) < 4.78 is 50.5. The number of nitrogens with one attached hydrogen (secondary N) is 1. The summed E-state index contributed by atoms with van der Waals surface area (Å²) in [5, 5.41) is 3.45. The maximum atomic E-state index is 13.8. The van der Waals surface area contributed by atoms with Crippen LogP contribution in [0.3, 0.4) is 0 Å². The smallest absolute Gasteiger partial charge is 0.152 e. The van der Waals surface area contributed by atoms with Crippen LogP contribution < -0.4 is 5.32 Å². The van der Waals surface area contributed by atoms with E-state index >= 15 is 0 Å². The van der Waals surface area contributed by atoms with Crippen molar-refractivity contribution in [3.05, 3.63) is 71.4 Å². The van der Waals surface area contributed by atoms with Gasteiger partial charge in [-0.05, 0) is 23.3 Å². The van der Waals surface area contributed by atoms with E-state index in [1.807, 2.05) is 12.1 Å². The minimum atomic E-state index is -3.17. The lowest BCUT2D eigenvalue weighted by molar-refractivity contribution is 0.590. The highest BCUT2D eigenvalue weighted by Gasteiger charge is 2.11. The Morgan fingerprint density at radius 2 is 1.80 bits per heavy atom. The molecule has 2 aromatic carbocycles. The van der Waals surface area contributed by atoms with Crippen LogP contribution in [0, 0.1) is 11.6 Å². The van der Waals surface area contributed by atoms with Gasteiger partial charge in [0.15, 0.2) is 15.7 Å². The number of anilines is 1. The van der Waals surface area contributed by atoms with Gasteiger partial charge in [0.1, 0.15) is 11.3 Å². The number of rotatable bonds is 5. The first kappa shape index (κ1) is 17.3. The van der Waals surface area contributed by atoms with Crippen molar-refractivity contribution in [3.8, 4) is 0 Å². The second kappa shape index (κ2) is 6.76. The van der Waals surface area contributed by atoms with Crippen LogP contribution in [0.1, 0.15) is 11.1 Å². The third-order valence-corrected chi connectivity index (χ3v) is 4.60. The van der Waals surface area contributed by atoms with Crippen molar-refractivity contribution in [2.24, 2.45) is 0 Å². The minimum absolute atomic E-state index is 0.0643. The van der Waals surface area contributed by atoms with E-state index in [4.69, 9.17) is 0 Å². The van der Waals surface area contributed by atoms with Gasteiger partial charge < -0.3 is 5.32 Å². The van der Waals surface area contributed by atoms with Crippen molar-refractivity contribution in [1.82, 2.24) is 4.98 Å². The number of nitrogens with zero attached hydrogens (tertiary/aromatic N) is 1. The van der Waals surface area contributed by atoms with Crippen LogP contribution >= 0.6 is 0 Å². The fourth-order valence-electron chi connectivity index (χ4n) is 2.68. The van der Waals surface area contributed by atoms with E-state index < -0.39 is 21.5 Å². The number of hydrogen-bond donors (Lipinski definition) is 1. The quantitative estimate of drug-likeness (QED) is 0.752. The van der Waals surface area contributed by atoms with Gasteiger partial charge in [-0.25, -0.2) is 17.2 Å². The van der Waals surface area contributed by atoms with Crippen molar-refractivity contribution in [1.29, 1.82) is 0 Å². The monoisotopic (exact) mass is 362 g/mol. The highest BCUT2D eigenvalue weighted by molar-refractivity contribution is 7.89. The molecule has 0 unspecified atom stereocenters. The fraction of sp³-hybridized carbons (Fsp3) is 0.167. The molecule has 0 amide bonds. The van der Waals surface area contributed by atoms with Crippen LogP contribution in [-0.4, -0.2) is 19.7 Å². The summed E-state index contributed by atoms with van der Waals surface area (Å²) in [5.41, 5.74) is 2.09. The summed E-state index contributed by atoms with van der Waals surface area (Å²) in [6.07, 6.45) is 2.62. The molecule has 0 atom stereocenters. The fourth-order valence-corrected chi connectivity index (χ4v) is 3.52. The molecule has 7 heteroatoms. The molecule has 25 heavy (non-hydrogen) atoms. The summed E-state index contributed by atoms with van der Waals surface area (Å²) in [5.74, 6) is -1.47. The van der Waals surface area contributed by atoms with Gasteiger partial charge in [-0.15, -0.1) is 0 Å². The third-order valence-electron chi connectivity index (χ3n) is 3.77. The van der Waals surface area contributed by atoms with Gasteiger partial charge in [-0.3, -0.25) is 4.98 Å². The normalized spacial score (nSPS) is 11.6. The lowest BCUT2D eigenvalue weighted by atomic mass is 10.1. The van der Waals surface area contributed by atoms with E-state index in [0.29, 0.717) is 23.2 Å². The first-order valence-electron chi connectivity index (χ1n) is 7.55. The van der Waals surface area contributed by atoms with E-state index in [0.717, 1.165) is 11.6 Å². The number of aromatic nitrogens is 1. The van der Waals surface area contributed by atoms with Crippen LogP contribution in [0.4, 0.5) is 14.5 Å². The Morgan fingerprint density at radius 1 is 1.08 bits per heavy atom. The van der Waals surface area contributed by atoms with E-state index in [1.54, 1.807) is 18.2 Å². The van der Waals surface area contributed by atoms with Crippen molar-refractivity contribution >= 4 is 26.4 Å². The third kappa shape index (κ3) is 4.11. The zero-order chi connectivity index (χ0) is 18.0. The van der Waals surface area contributed by atoms with Gasteiger partial charge in [-0.1, -0.05) is 24.3 Å². The van der Waals surface area contributed by atoms with Crippen molar-refractivity contribution < 1.29 is 17.2 Å². The molecule has 0 saturated heterocycles. The first-order valence-corrected chi connectivity index (χ1v) is 9.62. The Bertz CT molecular complexity index is 1040. The average molecular weight is 362 g/mol. The Hall–Kier alpha value is -2.54. The average Bonchev–Trinajstić information content (AvgIpc) is 2.53. The number of pyridine rings is 1. The Labute approximate surface area is 144 Å². The minimum Gasteiger partial charge on any atom is -0.380 e. The highest BCUT2D eigenvalue weighted by Crippen LogP contribution is 2.25. The number of hydrogen-bond acceptors (Lipinski definition) is 4. The van der Waals surface area contributed by atoms with Crippen LogP contribution in [0.2, 0.25) is 0 Å². The van der Waals surface area contributed by atoms with Gasteiger partial charge in [0.2, 0.25) is 0 Å². The Balaban J connectivity index is 1.92. The lowest BCUT2D eigenvalue weighted by Crippen LogP contribution is -2.07. The van der Waals surface area contributed by atoms with Gasteiger partial charge in [0, 0.05) is 36.1 Å². The lowest BCUT2D eigenvalue weighted by Gasteiger charge is -2.13. The number of fused-ring (bicyclic) bond motifs is 1. The van der Waals surface area contributed by atoms with E-state index in [1.165, 1.54) is 18.5 Å². The molecule has 0 saturated carbocycles. The molecule has 1 aromatic heterocycles. The number of halogens is 2. The molecule has 130 valence electrons. The molecular formula is C18H16F2N2O2S. The van der Waals surface area contributed by atoms with Crippen LogP contribution in [0.15, 0.2) is 48.7 Å². The van der Waals surface area contributed by atoms with Crippen molar-refractivity contribution in [3.63, 3.8) is 0 Å². The summed E-state index contributed by atoms with van der Waals surface area (Å²) >= 11 is 0. The largest absolute Gasteiger partial charge is 0.380 e. The molecule has 4 nitrogen and oxygen atoms in total.